The fourth-order valence-electron chi connectivity index (χ4n) is 2.56. The fraction of sp³-hybridized carbons (Fsp3) is 0.538. The summed E-state index contributed by atoms with van der Waals surface area (Å²) >= 11 is 0. The molecule has 1 aromatic carbocycles. The summed E-state index contributed by atoms with van der Waals surface area (Å²) in [6.07, 6.45) is 2.71. The Labute approximate surface area is 101 Å². The SMILES string of the molecule is Nc1cc(F)cc(N2CCN(C3CC3)CC2)c1. The van der Waals surface area contributed by atoms with Crippen molar-refractivity contribution >= 4 is 11.4 Å². The van der Waals surface area contributed by atoms with Gasteiger partial charge < -0.3 is 10.6 Å². The van der Waals surface area contributed by atoms with E-state index in [-0.39, 0.29) is 5.82 Å². The fourth-order valence-corrected chi connectivity index (χ4v) is 2.56. The summed E-state index contributed by atoms with van der Waals surface area (Å²) in [7, 11) is 0. The van der Waals surface area contributed by atoms with E-state index < -0.39 is 0 Å². The third-order valence-corrected chi connectivity index (χ3v) is 3.65. The van der Waals surface area contributed by atoms with Crippen LogP contribution < -0.4 is 10.6 Å². The Kier molecular flexibility index (Phi) is 2.67. The second kappa shape index (κ2) is 4.18. The highest BCUT2D eigenvalue weighted by molar-refractivity contribution is 5.56. The molecule has 17 heavy (non-hydrogen) atoms. The molecule has 3 rings (SSSR count). The topological polar surface area (TPSA) is 32.5 Å². The maximum absolute atomic E-state index is 13.3. The van der Waals surface area contributed by atoms with Crippen molar-refractivity contribution in [1.82, 2.24) is 4.90 Å². The van der Waals surface area contributed by atoms with Crippen molar-refractivity contribution in [3.05, 3.63) is 24.0 Å². The van der Waals surface area contributed by atoms with Crippen molar-refractivity contribution in [2.24, 2.45) is 0 Å². The number of piperazine rings is 1. The first-order valence-corrected chi connectivity index (χ1v) is 6.27. The van der Waals surface area contributed by atoms with Gasteiger partial charge in [0.15, 0.2) is 0 Å². The van der Waals surface area contributed by atoms with Crippen LogP contribution in [-0.4, -0.2) is 37.1 Å². The van der Waals surface area contributed by atoms with Crippen molar-refractivity contribution in [2.75, 3.05) is 36.8 Å². The third kappa shape index (κ3) is 2.36. The zero-order chi connectivity index (χ0) is 11.8. The average Bonchev–Trinajstić information content (AvgIpc) is 3.12. The molecule has 1 saturated heterocycles. The molecule has 2 aliphatic rings. The van der Waals surface area contributed by atoms with Gasteiger partial charge in [0.25, 0.3) is 0 Å². The molecule has 1 aromatic rings. The highest BCUT2D eigenvalue weighted by atomic mass is 19.1. The number of benzene rings is 1. The van der Waals surface area contributed by atoms with E-state index in [0.29, 0.717) is 5.69 Å². The molecule has 2 fully saturated rings. The molecular formula is C13H18FN3. The van der Waals surface area contributed by atoms with Gasteiger partial charge in [-0.25, -0.2) is 4.39 Å². The lowest BCUT2D eigenvalue weighted by Gasteiger charge is -2.36. The third-order valence-electron chi connectivity index (χ3n) is 3.65. The second-order valence-electron chi connectivity index (χ2n) is 5.00. The van der Waals surface area contributed by atoms with Gasteiger partial charge in [-0.1, -0.05) is 0 Å². The quantitative estimate of drug-likeness (QED) is 0.792. The Morgan fingerprint density at radius 1 is 1.06 bits per heavy atom. The average molecular weight is 235 g/mol. The molecule has 1 saturated carbocycles. The maximum atomic E-state index is 13.3. The number of hydrogen-bond donors (Lipinski definition) is 1. The van der Waals surface area contributed by atoms with Crippen molar-refractivity contribution in [1.29, 1.82) is 0 Å². The van der Waals surface area contributed by atoms with E-state index in [2.05, 4.69) is 9.80 Å². The summed E-state index contributed by atoms with van der Waals surface area (Å²) in [5, 5.41) is 0. The minimum atomic E-state index is -0.246. The van der Waals surface area contributed by atoms with Crippen LogP contribution in [0.2, 0.25) is 0 Å². The molecule has 1 aliphatic carbocycles. The molecule has 0 unspecified atom stereocenters. The van der Waals surface area contributed by atoms with Gasteiger partial charge in [-0.15, -0.1) is 0 Å². The molecule has 92 valence electrons. The molecule has 0 atom stereocenters. The van der Waals surface area contributed by atoms with Crippen molar-refractivity contribution < 1.29 is 4.39 Å². The Bertz CT molecular complexity index is 389. The molecule has 0 bridgehead atoms. The molecular weight excluding hydrogens is 217 g/mol. The zero-order valence-corrected chi connectivity index (χ0v) is 9.90. The minimum Gasteiger partial charge on any atom is -0.399 e. The number of halogens is 1. The van der Waals surface area contributed by atoms with Gasteiger partial charge >= 0.3 is 0 Å². The van der Waals surface area contributed by atoms with Gasteiger partial charge in [-0.2, -0.15) is 0 Å². The van der Waals surface area contributed by atoms with Gasteiger partial charge in [0, 0.05) is 43.6 Å². The number of nitrogens with zero attached hydrogens (tertiary/aromatic N) is 2. The number of hydrogen-bond acceptors (Lipinski definition) is 3. The first kappa shape index (κ1) is 10.8. The number of rotatable bonds is 2. The Morgan fingerprint density at radius 2 is 1.76 bits per heavy atom. The lowest BCUT2D eigenvalue weighted by Crippen LogP contribution is -2.47. The largest absolute Gasteiger partial charge is 0.399 e. The van der Waals surface area contributed by atoms with Crippen molar-refractivity contribution in [3.63, 3.8) is 0 Å². The maximum Gasteiger partial charge on any atom is 0.127 e. The van der Waals surface area contributed by atoms with Crippen LogP contribution in [-0.2, 0) is 0 Å². The van der Waals surface area contributed by atoms with Crippen LogP contribution in [0.25, 0.3) is 0 Å². The van der Waals surface area contributed by atoms with Crippen LogP contribution in [0.3, 0.4) is 0 Å². The molecule has 4 heteroatoms. The van der Waals surface area contributed by atoms with E-state index >= 15 is 0 Å². The summed E-state index contributed by atoms with van der Waals surface area (Å²) in [5.41, 5.74) is 7.09. The Morgan fingerprint density at radius 3 is 2.35 bits per heavy atom. The predicted molar refractivity (Wildman–Crippen MR) is 67.6 cm³/mol. The summed E-state index contributed by atoms with van der Waals surface area (Å²) < 4.78 is 13.3. The van der Waals surface area contributed by atoms with Crippen molar-refractivity contribution in [3.8, 4) is 0 Å². The van der Waals surface area contributed by atoms with Gasteiger partial charge in [-0.3, -0.25) is 4.90 Å². The first-order valence-electron chi connectivity index (χ1n) is 6.27. The lowest BCUT2D eigenvalue weighted by molar-refractivity contribution is 0.248. The van der Waals surface area contributed by atoms with Crippen LogP contribution in [0.4, 0.5) is 15.8 Å². The molecule has 0 aromatic heterocycles. The zero-order valence-electron chi connectivity index (χ0n) is 9.90. The Hall–Kier alpha value is -1.29. The van der Waals surface area contributed by atoms with Crippen molar-refractivity contribution in [2.45, 2.75) is 18.9 Å². The molecule has 0 radical (unpaired) electrons. The molecule has 2 N–H and O–H groups in total. The number of nitrogen functional groups attached to an aromatic ring is 1. The first-order chi connectivity index (χ1) is 8.22. The van der Waals surface area contributed by atoms with E-state index in [4.69, 9.17) is 5.73 Å². The monoisotopic (exact) mass is 235 g/mol. The highest BCUT2D eigenvalue weighted by Crippen LogP contribution is 2.29. The van der Waals surface area contributed by atoms with E-state index in [9.17, 15) is 4.39 Å². The van der Waals surface area contributed by atoms with Crippen LogP contribution in [0, 0.1) is 5.82 Å². The van der Waals surface area contributed by atoms with Crippen LogP contribution in [0.15, 0.2) is 18.2 Å². The standard InChI is InChI=1S/C13H18FN3/c14-10-7-11(15)9-13(8-10)17-5-3-16(4-6-17)12-1-2-12/h7-9,12H,1-6,15H2. The predicted octanol–water partition coefficient (Wildman–Crippen LogP) is 1.69. The van der Waals surface area contributed by atoms with Crippen LogP contribution in [0.5, 0.6) is 0 Å². The van der Waals surface area contributed by atoms with E-state index in [1.165, 1.54) is 18.9 Å². The van der Waals surface area contributed by atoms with Gasteiger partial charge in [0.2, 0.25) is 0 Å². The Balaban J connectivity index is 1.68. The summed E-state index contributed by atoms with van der Waals surface area (Å²) in [6.45, 7) is 4.11. The number of anilines is 2. The normalized spacial score (nSPS) is 21.8. The van der Waals surface area contributed by atoms with E-state index in [1.54, 1.807) is 6.07 Å². The number of nitrogens with two attached hydrogens (primary N) is 1. The van der Waals surface area contributed by atoms with Crippen LogP contribution in [0.1, 0.15) is 12.8 Å². The van der Waals surface area contributed by atoms with Gasteiger partial charge in [0.05, 0.1) is 0 Å². The minimum absolute atomic E-state index is 0.246. The molecule has 0 spiro atoms. The van der Waals surface area contributed by atoms with Crippen LogP contribution >= 0.6 is 0 Å². The van der Waals surface area contributed by atoms with E-state index in [0.717, 1.165) is 37.9 Å². The highest BCUT2D eigenvalue weighted by Gasteiger charge is 2.31. The van der Waals surface area contributed by atoms with Gasteiger partial charge in [-0.05, 0) is 31.0 Å². The van der Waals surface area contributed by atoms with E-state index in [1.807, 2.05) is 6.07 Å². The lowest BCUT2D eigenvalue weighted by atomic mass is 10.2. The molecule has 1 heterocycles. The smallest absolute Gasteiger partial charge is 0.127 e. The molecule has 3 nitrogen and oxygen atoms in total. The molecule has 1 aliphatic heterocycles. The summed E-state index contributed by atoms with van der Waals surface area (Å²) in [5.74, 6) is -0.246. The summed E-state index contributed by atoms with van der Waals surface area (Å²) in [6, 6.07) is 5.62. The summed E-state index contributed by atoms with van der Waals surface area (Å²) in [4.78, 5) is 4.76. The molecule has 0 amide bonds. The second-order valence-corrected chi connectivity index (χ2v) is 5.00. The van der Waals surface area contributed by atoms with Gasteiger partial charge in [0.1, 0.15) is 5.82 Å².